The van der Waals surface area contributed by atoms with Crippen molar-refractivity contribution < 1.29 is 31.1 Å². The Balaban J connectivity index is 2.06. The molecule has 1 amide bonds. The summed E-state index contributed by atoms with van der Waals surface area (Å²) in [6.07, 6.45) is 1.50. The van der Waals surface area contributed by atoms with Crippen molar-refractivity contribution in [1.29, 1.82) is 0 Å². The van der Waals surface area contributed by atoms with Gasteiger partial charge >= 0.3 is 6.18 Å². The van der Waals surface area contributed by atoms with E-state index in [1.807, 2.05) is 0 Å². The summed E-state index contributed by atoms with van der Waals surface area (Å²) in [6.45, 7) is -0.608. The van der Waals surface area contributed by atoms with Gasteiger partial charge in [0.05, 0.1) is 17.5 Å². The van der Waals surface area contributed by atoms with E-state index in [9.17, 15) is 26.4 Å². The molecule has 2 N–H and O–H groups in total. The first kappa shape index (κ1) is 20.2. The largest absolute Gasteiger partial charge is 0.405 e. The number of amides is 1. The van der Waals surface area contributed by atoms with E-state index in [2.05, 4.69) is 10.6 Å². The standard InChI is InChI=1S/C16H17F3N2O4S/c1-2-14(12-7-8-25-9-12)21-26(23,24)13-5-3-11(4-6-13)15(22)20-10-16(17,18)19/h1,3-6,12,14,21H,7-10H2,(H,20,22). The molecule has 2 atom stereocenters. The van der Waals surface area contributed by atoms with Gasteiger partial charge in [-0.15, -0.1) is 6.42 Å². The van der Waals surface area contributed by atoms with Crippen LogP contribution in [0.1, 0.15) is 16.8 Å². The van der Waals surface area contributed by atoms with Gasteiger partial charge in [0.1, 0.15) is 6.54 Å². The molecule has 142 valence electrons. The van der Waals surface area contributed by atoms with E-state index in [0.717, 1.165) is 24.3 Å². The Morgan fingerprint density at radius 2 is 2.00 bits per heavy atom. The zero-order valence-electron chi connectivity index (χ0n) is 13.5. The molecular formula is C16H17F3N2O4S. The van der Waals surface area contributed by atoms with Gasteiger partial charge in [-0.2, -0.15) is 17.9 Å². The summed E-state index contributed by atoms with van der Waals surface area (Å²) >= 11 is 0. The normalized spacial score (nSPS) is 18.9. The van der Waals surface area contributed by atoms with Gasteiger partial charge in [-0.1, -0.05) is 5.92 Å². The lowest BCUT2D eigenvalue weighted by atomic mass is 10.0. The highest BCUT2D eigenvalue weighted by Gasteiger charge is 2.29. The van der Waals surface area contributed by atoms with Gasteiger partial charge in [-0.05, 0) is 30.7 Å². The number of hydrogen-bond donors (Lipinski definition) is 2. The van der Waals surface area contributed by atoms with E-state index in [-0.39, 0.29) is 16.4 Å². The zero-order chi connectivity index (χ0) is 19.4. The van der Waals surface area contributed by atoms with E-state index in [1.54, 1.807) is 5.32 Å². The van der Waals surface area contributed by atoms with Crippen LogP contribution in [0.5, 0.6) is 0 Å². The molecule has 0 aliphatic carbocycles. The Morgan fingerprint density at radius 1 is 1.35 bits per heavy atom. The Kier molecular flexibility index (Phi) is 6.28. The topological polar surface area (TPSA) is 84.5 Å². The van der Waals surface area contributed by atoms with E-state index < -0.39 is 34.7 Å². The number of terminal acetylenes is 1. The second-order valence-corrected chi connectivity index (χ2v) is 7.43. The van der Waals surface area contributed by atoms with Crippen LogP contribution in [0.2, 0.25) is 0 Å². The van der Waals surface area contributed by atoms with E-state index >= 15 is 0 Å². The van der Waals surface area contributed by atoms with Gasteiger partial charge < -0.3 is 10.1 Å². The predicted octanol–water partition coefficient (Wildman–Crippen LogP) is 1.30. The van der Waals surface area contributed by atoms with Crippen molar-refractivity contribution in [2.24, 2.45) is 5.92 Å². The number of sulfonamides is 1. The smallest absolute Gasteiger partial charge is 0.381 e. The summed E-state index contributed by atoms with van der Waals surface area (Å²) < 4.78 is 68.7. The molecule has 2 rings (SSSR count). The number of carbonyl (C=O) groups is 1. The average molecular weight is 390 g/mol. The Bertz CT molecular complexity index is 779. The van der Waals surface area contributed by atoms with Crippen molar-refractivity contribution in [2.75, 3.05) is 19.8 Å². The fourth-order valence-corrected chi connectivity index (χ4v) is 3.61. The Labute approximate surface area is 149 Å². The molecule has 0 bridgehead atoms. The van der Waals surface area contributed by atoms with Gasteiger partial charge in [0, 0.05) is 18.1 Å². The maximum atomic E-state index is 12.4. The third-order valence-corrected chi connectivity index (χ3v) is 5.23. The monoisotopic (exact) mass is 390 g/mol. The molecule has 1 fully saturated rings. The van der Waals surface area contributed by atoms with Crippen molar-refractivity contribution in [1.82, 2.24) is 10.0 Å². The molecule has 1 aliphatic heterocycles. The third-order valence-electron chi connectivity index (χ3n) is 3.77. The third kappa shape index (κ3) is 5.45. The lowest BCUT2D eigenvalue weighted by Crippen LogP contribution is -2.39. The molecule has 1 aliphatic rings. The molecular weight excluding hydrogens is 373 g/mol. The average Bonchev–Trinajstić information content (AvgIpc) is 3.11. The molecule has 10 heteroatoms. The van der Waals surface area contributed by atoms with Crippen molar-refractivity contribution in [3.05, 3.63) is 29.8 Å². The van der Waals surface area contributed by atoms with Crippen molar-refractivity contribution in [2.45, 2.75) is 23.5 Å². The minimum Gasteiger partial charge on any atom is -0.381 e. The first-order chi connectivity index (χ1) is 12.1. The maximum absolute atomic E-state index is 12.4. The lowest BCUT2D eigenvalue weighted by Gasteiger charge is -2.18. The van der Waals surface area contributed by atoms with Crippen molar-refractivity contribution >= 4 is 15.9 Å². The molecule has 1 aromatic rings. The van der Waals surface area contributed by atoms with Crippen LogP contribution in [0.4, 0.5) is 13.2 Å². The summed E-state index contributed by atoms with van der Waals surface area (Å²) in [6, 6.07) is 3.78. The SMILES string of the molecule is C#CC(NS(=O)(=O)c1ccc(C(=O)NCC(F)(F)F)cc1)C1CCOC1. The summed E-state index contributed by atoms with van der Waals surface area (Å²) in [5, 5.41) is 1.71. The predicted molar refractivity (Wildman–Crippen MR) is 86.7 cm³/mol. The van der Waals surface area contributed by atoms with Crippen LogP contribution in [0.15, 0.2) is 29.2 Å². The van der Waals surface area contributed by atoms with Crippen LogP contribution in [-0.4, -0.2) is 46.3 Å². The molecule has 2 unspecified atom stereocenters. The fraction of sp³-hybridized carbons (Fsp3) is 0.438. The molecule has 1 saturated heterocycles. The van der Waals surface area contributed by atoms with Crippen LogP contribution in [0.25, 0.3) is 0 Å². The quantitative estimate of drug-likeness (QED) is 0.717. The number of hydrogen-bond acceptors (Lipinski definition) is 4. The molecule has 6 nitrogen and oxygen atoms in total. The summed E-state index contributed by atoms with van der Waals surface area (Å²) in [5.41, 5.74) is -0.0918. The number of ether oxygens (including phenoxy) is 1. The summed E-state index contributed by atoms with van der Waals surface area (Å²) in [5.74, 6) is 1.30. The van der Waals surface area contributed by atoms with E-state index in [1.165, 1.54) is 0 Å². The highest BCUT2D eigenvalue weighted by molar-refractivity contribution is 7.89. The number of alkyl halides is 3. The fourth-order valence-electron chi connectivity index (χ4n) is 2.39. The number of benzene rings is 1. The van der Waals surface area contributed by atoms with Crippen molar-refractivity contribution in [3.8, 4) is 12.3 Å². The van der Waals surface area contributed by atoms with Gasteiger partial charge in [0.15, 0.2) is 0 Å². The van der Waals surface area contributed by atoms with Crippen molar-refractivity contribution in [3.63, 3.8) is 0 Å². The number of halogens is 3. The van der Waals surface area contributed by atoms with Gasteiger partial charge in [0.2, 0.25) is 10.0 Å². The maximum Gasteiger partial charge on any atom is 0.405 e. The van der Waals surface area contributed by atoms with Crippen LogP contribution in [0.3, 0.4) is 0 Å². The minimum atomic E-state index is -4.53. The van der Waals surface area contributed by atoms with E-state index in [4.69, 9.17) is 11.2 Å². The molecule has 0 saturated carbocycles. The van der Waals surface area contributed by atoms with Crippen LogP contribution in [-0.2, 0) is 14.8 Å². The van der Waals surface area contributed by atoms with Gasteiger partial charge in [-0.3, -0.25) is 4.79 Å². The molecule has 0 spiro atoms. The second kappa shape index (κ2) is 8.07. The van der Waals surface area contributed by atoms with Gasteiger partial charge in [0.25, 0.3) is 5.91 Å². The molecule has 1 heterocycles. The Hall–Kier alpha value is -2.09. The molecule has 26 heavy (non-hydrogen) atoms. The van der Waals surface area contributed by atoms with Crippen LogP contribution in [0, 0.1) is 18.3 Å². The highest BCUT2D eigenvalue weighted by Crippen LogP contribution is 2.19. The lowest BCUT2D eigenvalue weighted by molar-refractivity contribution is -0.123. The second-order valence-electron chi connectivity index (χ2n) is 5.71. The summed E-state index contributed by atoms with van der Waals surface area (Å²) in [7, 11) is -3.95. The number of nitrogens with one attached hydrogen (secondary N) is 2. The van der Waals surface area contributed by atoms with Crippen LogP contribution < -0.4 is 10.0 Å². The number of carbonyl (C=O) groups excluding carboxylic acids is 1. The molecule has 0 radical (unpaired) electrons. The molecule has 1 aromatic carbocycles. The minimum absolute atomic E-state index is 0.0918. The van der Waals surface area contributed by atoms with E-state index in [0.29, 0.717) is 19.6 Å². The highest BCUT2D eigenvalue weighted by atomic mass is 32.2. The zero-order valence-corrected chi connectivity index (χ0v) is 14.4. The Morgan fingerprint density at radius 3 is 2.50 bits per heavy atom. The first-order valence-corrected chi connectivity index (χ1v) is 9.12. The first-order valence-electron chi connectivity index (χ1n) is 7.63. The number of rotatable bonds is 6. The van der Waals surface area contributed by atoms with Crippen LogP contribution >= 0.6 is 0 Å². The summed E-state index contributed by atoms with van der Waals surface area (Å²) in [4.78, 5) is 11.5. The molecule has 0 aromatic heterocycles. The van der Waals surface area contributed by atoms with Gasteiger partial charge in [-0.25, -0.2) is 8.42 Å².